The molecule has 1 heterocycles. The Bertz CT molecular complexity index is 145. The molecular weight excluding hydrogens is 104 g/mol. The third-order valence-corrected chi connectivity index (χ3v) is 0.861. The summed E-state index contributed by atoms with van der Waals surface area (Å²) >= 11 is 0. The lowest BCUT2D eigenvalue weighted by Gasteiger charge is -1.99. The Labute approximate surface area is 47.5 Å². The molecule has 0 bridgehead atoms. The second kappa shape index (κ2) is 2.31. The lowest BCUT2D eigenvalue weighted by atomic mass is 10.2. The van der Waals surface area contributed by atoms with E-state index in [1.165, 1.54) is 6.26 Å². The SMILES string of the molecule is O=[C]C1=CCOC=C1. The fourth-order valence-corrected chi connectivity index (χ4v) is 0.459. The van der Waals surface area contributed by atoms with Crippen molar-refractivity contribution >= 4 is 6.29 Å². The van der Waals surface area contributed by atoms with Crippen LogP contribution in [0.2, 0.25) is 0 Å². The summed E-state index contributed by atoms with van der Waals surface area (Å²) in [6.45, 7) is 0.487. The number of allylic oxidation sites excluding steroid dienone is 2. The molecule has 0 saturated carbocycles. The predicted octanol–water partition coefficient (Wildman–Crippen LogP) is 0.566. The maximum Gasteiger partial charge on any atom is 0.233 e. The van der Waals surface area contributed by atoms with Gasteiger partial charge in [0.15, 0.2) is 0 Å². The Balaban J connectivity index is 2.64. The molecule has 0 amide bonds. The van der Waals surface area contributed by atoms with Gasteiger partial charge in [-0.25, -0.2) is 0 Å². The van der Waals surface area contributed by atoms with Crippen molar-refractivity contribution in [1.29, 1.82) is 0 Å². The molecule has 1 aliphatic rings. The zero-order valence-electron chi connectivity index (χ0n) is 4.26. The van der Waals surface area contributed by atoms with Gasteiger partial charge >= 0.3 is 0 Å². The molecule has 0 aromatic rings. The monoisotopic (exact) mass is 109 g/mol. The van der Waals surface area contributed by atoms with Crippen molar-refractivity contribution < 1.29 is 9.53 Å². The summed E-state index contributed by atoms with van der Waals surface area (Å²) in [5, 5.41) is 0. The van der Waals surface area contributed by atoms with E-state index in [1.807, 2.05) is 0 Å². The third kappa shape index (κ3) is 0.964. The van der Waals surface area contributed by atoms with Crippen molar-refractivity contribution in [3.63, 3.8) is 0 Å². The van der Waals surface area contributed by atoms with Crippen LogP contribution in [0.15, 0.2) is 24.0 Å². The minimum Gasteiger partial charge on any atom is -0.497 e. The summed E-state index contributed by atoms with van der Waals surface area (Å²) in [5.74, 6) is 0. The van der Waals surface area contributed by atoms with Gasteiger partial charge in [0.2, 0.25) is 6.29 Å². The topological polar surface area (TPSA) is 26.3 Å². The van der Waals surface area contributed by atoms with Crippen LogP contribution < -0.4 is 0 Å². The number of hydrogen-bond donors (Lipinski definition) is 0. The Hall–Kier alpha value is -1.05. The summed E-state index contributed by atoms with van der Waals surface area (Å²) in [5.41, 5.74) is 0.566. The maximum atomic E-state index is 9.86. The van der Waals surface area contributed by atoms with Gasteiger partial charge in [0.25, 0.3) is 0 Å². The number of rotatable bonds is 1. The zero-order chi connectivity index (χ0) is 5.82. The highest BCUT2D eigenvalue weighted by Gasteiger charge is 1.93. The van der Waals surface area contributed by atoms with Crippen molar-refractivity contribution in [3.05, 3.63) is 24.0 Å². The lowest BCUT2D eigenvalue weighted by Crippen LogP contribution is -1.91. The molecule has 0 saturated heterocycles. The van der Waals surface area contributed by atoms with E-state index in [-0.39, 0.29) is 0 Å². The summed E-state index contributed by atoms with van der Waals surface area (Å²) in [4.78, 5) is 9.86. The molecule has 41 valence electrons. The molecule has 0 aliphatic carbocycles. The fourth-order valence-electron chi connectivity index (χ4n) is 0.459. The van der Waals surface area contributed by atoms with E-state index >= 15 is 0 Å². The van der Waals surface area contributed by atoms with Crippen LogP contribution in [0.25, 0.3) is 0 Å². The molecule has 1 aliphatic heterocycles. The van der Waals surface area contributed by atoms with E-state index in [2.05, 4.69) is 0 Å². The summed E-state index contributed by atoms with van der Waals surface area (Å²) < 4.78 is 4.77. The first-order valence-corrected chi connectivity index (χ1v) is 2.30. The van der Waals surface area contributed by atoms with E-state index in [4.69, 9.17) is 4.74 Å². The smallest absolute Gasteiger partial charge is 0.233 e. The highest BCUT2D eigenvalue weighted by molar-refractivity contribution is 5.78. The van der Waals surface area contributed by atoms with Crippen LogP contribution in [0.1, 0.15) is 0 Å². The first-order valence-electron chi connectivity index (χ1n) is 2.30. The van der Waals surface area contributed by atoms with Crippen molar-refractivity contribution in [1.82, 2.24) is 0 Å². The van der Waals surface area contributed by atoms with Crippen LogP contribution in [-0.4, -0.2) is 12.9 Å². The van der Waals surface area contributed by atoms with Gasteiger partial charge in [0, 0.05) is 5.57 Å². The molecule has 1 rings (SSSR count). The molecular formula is C6H5O2. The van der Waals surface area contributed by atoms with Crippen LogP contribution in [0.3, 0.4) is 0 Å². The molecule has 0 unspecified atom stereocenters. The van der Waals surface area contributed by atoms with Gasteiger partial charge in [-0.15, -0.1) is 0 Å². The van der Waals surface area contributed by atoms with Crippen molar-refractivity contribution in [3.8, 4) is 0 Å². The molecule has 0 atom stereocenters. The second-order valence-corrected chi connectivity index (χ2v) is 1.40. The van der Waals surface area contributed by atoms with Crippen molar-refractivity contribution in [2.24, 2.45) is 0 Å². The van der Waals surface area contributed by atoms with Crippen molar-refractivity contribution in [2.45, 2.75) is 0 Å². The van der Waals surface area contributed by atoms with E-state index in [0.29, 0.717) is 12.2 Å². The largest absolute Gasteiger partial charge is 0.497 e. The molecule has 8 heavy (non-hydrogen) atoms. The highest BCUT2D eigenvalue weighted by Crippen LogP contribution is 1.98. The van der Waals surface area contributed by atoms with Gasteiger partial charge in [0.1, 0.15) is 6.61 Å². The molecule has 1 radical (unpaired) electrons. The van der Waals surface area contributed by atoms with Crippen LogP contribution in [0.4, 0.5) is 0 Å². The highest BCUT2D eigenvalue weighted by atomic mass is 16.5. The van der Waals surface area contributed by atoms with E-state index in [0.717, 1.165) is 0 Å². The predicted molar refractivity (Wildman–Crippen MR) is 28.9 cm³/mol. The molecule has 0 N–H and O–H groups in total. The molecule has 0 aromatic carbocycles. The first kappa shape index (κ1) is 5.09. The summed E-state index contributed by atoms with van der Waals surface area (Å²) in [6, 6.07) is 0. The molecule has 2 nitrogen and oxygen atoms in total. The zero-order valence-corrected chi connectivity index (χ0v) is 4.26. The first-order chi connectivity index (χ1) is 3.93. The Morgan fingerprint density at radius 3 is 3.00 bits per heavy atom. The average Bonchev–Trinajstić information content (AvgIpc) is 1.90. The summed E-state index contributed by atoms with van der Waals surface area (Å²) in [7, 11) is 0. The second-order valence-electron chi connectivity index (χ2n) is 1.40. The number of hydrogen-bond acceptors (Lipinski definition) is 2. The van der Waals surface area contributed by atoms with Crippen LogP contribution in [-0.2, 0) is 9.53 Å². The Morgan fingerprint density at radius 2 is 2.62 bits per heavy atom. The quantitative estimate of drug-likeness (QED) is 0.492. The minimum absolute atomic E-state index is 0.487. The van der Waals surface area contributed by atoms with E-state index in [9.17, 15) is 4.79 Å². The van der Waals surface area contributed by atoms with Gasteiger partial charge in [-0.3, -0.25) is 4.79 Å². The number of ether oxygens (including phenoxy) is 1. The maximum absolute atomic E-state index is 9.86. The third-order valence-electron chi connectivity index (χ3n) is 0.861. The van der Waals surface area contributed by atoms with Gasteiger partial charge in [-0.1, -0.05) is 0 Å². The fraction of sp³-hybridized carbons (Fsp3) is 0.167. The van der Waals surface area contributed by atoms with Gasteiger partial charge in [0.05, 0.1) is 6.26 Å². The van der Waals surface area contributed by atoms with Gasteiger partial charge < -0.3 is 4.74 Å². The standard InChI is InChI=1S/C6H5O2/c7-5-6-1-3-8-4-2-6/h1-3H,4H2. The van der Waals surface area contributed by atoms with Gasteiger partial charge in [-0.05, 0) is 12.2 Å². The van der Waals surface area contributed by atoms with Crippen LogP contribution in [0.5, 0.6) is 0 Å². The Morgan fingerprint density at radius 1 is 1.75 bits per heavy atom. The molecule has 0 aromatic heterocycles. The van der Waals surface area contributed by atoms with Crippen LogP contribution >= 0.6 is 0 Å². The van der Waals surface area contributed by atoms with E-state index in [1.54, 1.807) is 18.4 Å². The Kier molecular flexibility index (Phi) is 1.47. The number of carbonyl (C=O) groups excluding carboxylic acids is 1. The van der Waals surface area contributed by atoms with E-state index < -0.39 is 0 Å². The van der Waals surface area contributed by atoms with Gasteiger partial charge in [-0.2, -0.15) is 0 Å². The van der Waals surface area contributed by atoms with Crippen molar-refractivity contribution in [2.75, 3.05) is 6.61 Å². The molecule has 2 heteroatoms. The lowest BCUT2D eigenvalue weighted by molar-refractivity contribution is 0.285. The van der Waals surface area contributed by atoms with Crippen LogP contribution in [0, 0.1) is 0 Å². The molecule has 0 spiro atoms. The summed E-state index contributed by atoms with van der Waals surface area (Å²) in [6.07, 6.45) is 6.49. The molecule has 0 fully saturated rings. The normalized spacial score (nSPS) is 16.8. The average molecular weight is 109 g/mol. The minimum atomic E-state index is 0.487.